The molecule has 0 amide bonds. The van der Waals surface area contributed by atoms with Crippen molar-refractivity contribution in [1.82, 2.24) is 0 Å². The molecule has 108 valence electrons. The Balaban J connectivity index is 1.95. The number of rotatable bonds is 1. The number of halogens is 1. The molecule has 2 saturated carbocycles. The molecule has 0 aromatic heterocycles. The molecule has 0 nitrogen and oxygen atoms in total. The van der Waals surface area contributed by atoms with E-state index >= 15 is 0 Å². The Morgan fingerprint density at radius 3 is 2.47 bits per heavy atom. The highest BCUT2D eigenvalue weighted by Gasteiger charge is 2.58. The first kappa shape index (κ1) is 14.2. The van der Waals surface area contributed by atoms with E-state index in [-0.39, 0.29) is 0 Å². The molecular weight excluding hydrogens is 296 g/mol. The van der Waals surface area contributed by atoms with Crippen LogP contribution >= 0.6 is 15.9 Å². The third kappa shape index (κ3) is 1.90. The van der Waals surface area contributed by atoms with Gasteiger partial charge in [0.15, 0.2) is 0 Å². The van der Waals surface area contributed by atoms with Gasteiger partial charge in [-0.2, -0.15) is 0 Å². The summed E-state index contributed by atoms with van der Waals surface area (Å²) in [5.74, 6) is 3.54. The molecular formula is C18H29Br. The Morgan fingerprint density at radius 1 is 1.11 bits per heavy atom. The van der Waals surface area contributed by atoms with E-state index in [0.717, 1.165) is 23.7 Å². The molecule has 0 radical (unpaired) electrons. The minimum Gasteiger partial charge on any atom is -0.0881 e. The fraction of sp³-hybridized carbons (Fsp3) is 0.889. The second kappa shape index (κ2) is 4.61. The van der Waals surface area contributed by atoms with Crippen LogP contribution in [0.5, 0.6) is 0 Å². The van der Waals surface area contributed by atoms with E-state index in [1.807, 2.05) is 0 Å². The van der Waals surface area contributed by atoms with Gasteiger partial charge in [0.25, 0.3) is 0 Å². The molecule has 0 aromatic carbocycles. The zero-order valence-electron chi connectivity index (χ0n) is 13.0. The second-order valence-corrected chi connectivity index (χ2v) is 9.31. The van der Waals surface area contributed by atoms with Gasteiger partial charge in [0.1, 0.15) is 0 Å². The summed E-state index contributed by atoms with van der Waals surface area (Å²) in [6, 6.07) is 0. The quantitative estimate of drug-likeness (QED) is 0.421. The lowest BCUT2D eigenvalue weighted by atomic mass is 9.50. The molecule has 3 aliphatic carbocycles. The number of hydrogen-bond acceptors (Lipinski definition) is 0. The van der Waals surface area contributed by atoms with Crippen molar-refractivity contribution >= 4 is 15.9 Å². The van der Waals surface area contributed by atoms with Crippen LogP contribution in [0.2, 0.25) is 0 Å². The lowest BCUT2D eigenvalue weighted by Gasteiger charge is -2.56. The molecule has 0 aliphatic heterocycles. The van der Waals surface area contributed by atoms with Gasteiger partial charge in [-0.15, -0.1) is 0 Å². The average Bonchev–Trinajstić information content (AvgIpc) is 2.69. The van der Waals surface area contributed by atoms with Gasteiger partial charge in [-0.3, -0.25) is 0 Å². The van der Waals surface area contributed by atoms with Crippen LogP contribution in [0.15, 0.2) is 12.2 Å². The highest BCUT2D eigenvalue weighted by Crippen LogP contribution is 2.66. The summed E-state index contributed by atoms with van der Waals surface area (Å²) in [6.07, 6.45) is 12.0. The van der Waals surface area contributed by atoms with E-state index in [0.29, 0.717) is 15.7 Å². The van der Waals surface area contributed by atoms with Crippen molar-refractivity contribution in [1.29, 1.82) is 0 Å². The fourth-order valence-corrected chi connectivity index (χ4v) is 6.60. The van der Waals surface area contributed by atoms with Crippen molar-refractivity contribution in [2.75, 3.05) is 0 Å². The molecule has 0 spiro atoms. The number of allylic oxidation sites excluding steroid dienone is 2. The second-order valence-electron chi connectivity index (χ2n) is 8.20. The molecule has 19 heavy (non-hydrogen) atoms. The maximum atomic E-state index is 3.99. The molecule has 2 fully saturated rings. The fourth-order valence-electron chi connectivity index (χ4n) is 5.85. The molecule has 0 N–H and O–H groups in total. The lowest BCUT2D eigenvalue weighted by Crippen LogP contribution is -2.50. The van der Waals surface area contributed by atoms with E-state index in [4.69, 9.17) is 0 Å². The van der Waals surface area contributed by atoms with Crippen molar-refractivity contribution in [2.45, 2.75) is 64.6 Å². The van der Waals surface area contributed by atoms with Gasteiger partial charge in [0.05, 0.1) is 0 Å². The normalized spacial score (nSPS) is 53.2. The number of fused-ring (bicyclic) bond motifs is 3. The maximum absolute atomic E-state index is 3.99. The summed E-state index contributed by atoms with van der Waals surface area (Å²) in [5, 5.41) is 0. The minimum absolute atomic E-state index is 0.505. The largest absolute Gasteiger partial charge is 0.0881 e. The Morgan fingerprint density at radius 2 is 1.79 bits per heavy atom. The predicted octanol–water partition coefficient (Wildman–Crippen LogP) is 5.81. The van der Waals surface area contributed by atoms with Gasteiger partial charge in [0, 0.05) is 4.83 Å². The zero-order valence-corrected chi connectivity index (χ0v) is 14.5. The summed E-state index contributed by atoms with van der Waals surface area (Å²) in [5.41, 5.74) is 1.11. The molecule has 1 heteroatoms. The monoisotopic (exact) mass is 324 g/mol. The van der Waals surface area contributed by atoms with Crippen LogP contribution in [-0.2, 0) is 0 Å². The van der Waals surface area contributed by atoms with E-state index in [1.54, 1.807) is 0 Å². The Kier molecular flexibility index (Phi) is 3.44. The summed E-state index contributed by atoms with van der Waals surface area (Å²) in [4.78, 5) is 0.692. The highest BCUT2D eigenvalue weighted by molar-refractivity contribution is 9.09. The topological polar surface area (TPSA) is 0 Å². The molecule has 3 aliphatic rings. The van der Waals surface area contributed by atoms with Crippen LogP contribution in [0.25, 0.3) is 0 Å². The molecule has 0 aromatic rings. The number of hydrogen-bond donors (Lipinski definition) is 0. The first-order valence-corrected chi connectivity index (χ1v) is 9.12. The van der Waals surface area contributed by atoms with Gasteiger partial charge in [-0.05, 0) is 66.6 Å². The number of alkyl halides is 1. The Hall–Kier alpha value is 0.220. The Labute approximate surface area is 127 Å². The van der Waals surface area contributed by atoms with Gasteiger partial charge >= 0.3 is 0 Å². The first-order chi connectivity index (χ1) is 8.89. The summed E-state index contributed by atoms with van der Waals surface area (Å²) >= 11 is 3.99. The lowest BCUT2D eigenvalue weighted by molar-refractivity contribution is -0.0288. The zero-order chi connectivity index (χ0) is 13.8. The standard InChI is InChI=1S/C18H29Br/c1-12(2)13-8-9-15-14-6-5-7-16(19)18(14,4)11-10-17(13,15)3/h5-6,12-16H,7-11H2,1-4H3. The highest BCUT2D eigenvalue weighted by atomic mass is 79.9. The van der Waals surface area contributed by atoms with Crippen molar-refractivity contribution in [2.24, 2.45) is 34.5 Å². The molecule has 0 saturated heterocycles. The van der Waals surface area contributed by atoms with Gasteiger partial charge in [-0.1, -0.05) is 55.8 Å². The van der Waals surface area contributed by atoms with Crippen molar-refractivity contribution in [3.8, 4) is 0 Å². The molecule has 3 rings (SSSR count). The van der Waals surface area contributed by atoms with Crippen LogP contribution in [0.1, 0.15) is 59.8 Å². The van der Waals surface area contributed by atoms with Crippen LogP contribution in [0.3, 0.4) is 0 Å². The minimum atomic E-state index is 0.505. The summed E-state index contributed by atoms with van der Waals surface area (Å²) < 4.78 is 0. The Bertz CT molecular complexity index is 385. The maximum Gasteiger partial charge on any atom is 0.0239 e. The van der Waals surface area contributed by atoms with E-state index in [2.05, 4.69) is 55.8 Å². The van der Waals surface area contributed by atoms with Crippen LogP contribution in [0.4, 0.5) is 0 Å². The van der Waals surface area contributed by atoms with Gasteiger partial charge in [0.2, 0.25) is 0 Å². The van der Waals surface area contributed by atoms with Gasteiger partial charge in [-0.25, -0.2) is 0 Å². The first-order valence-electron chi connectivity index (χ1n) is 8.20. The van der Waals surface area contributed by atoms with Crippen LogP contribution < -0.4 is 0 Å². The summed E-state index contributed by atoms with van der Waals surface area (Å²) in [6.45, 7) is 10.0. The third-order valence-corrected chi connectivity index (χ3v) is 8.51. The third-order valence-electron chi connectivity index (χ3n) is 7.09. The average molecular weight is 325 g/mol. The van der Waals surface area contributed by atoms with Crippen LogP contribution in [0, 0.1) is 34.5 Å². The van der Waals surface area contributed by atoms with Crippen LogP contribution in [-0.4, -0.2) is 4.83 Å². The molecule has 0 heterocycles. The smallest absolute Gasteiger partial charge is 0.0239 e. The van der Waals surface area contributed by atoms with Crippen molar-refractivity contribution in [3.63, 3.8) is 0 Å². The summed E-state index contributed by atoms with van der Waals surface area (Å²) in [7, 11) is 0. The van der Waals surface area contributed by atoms with E-state index in [9.17, 15) is 0 Å². The SMILES string of the molecule is CC(C)C1CCC2C3C=CCC(Br)C3(C)CCC12C. The van der Waals surface area contributed by atoms with Crippen molar-refractivity contribution < 1.29 is 0 Å². The van der Waals surface area contributed by atoms with Crippen molar-refractivity contribution in [3.05, 3.63) is 12.2 Å². The van der Waals surface area contributed by atoms with Gasteiger partial charge < -0.3 is 0 Å². The van der Waals surface area contributed by atoms with E-state index in [1.165, 1.54) is 32.1 Å². The molecule has 0 bridgehead atoms. The predicted molar refractivity (Wildman–Crippen MR) is 86.5 cm³/mol. The van der Waals surface area contributed by atoms with E-state index < -0.39 is 0 Å². The molecule has 6 unspecified atom stereocenters. The molecule has 6 atom stereocenters.